The Morgan fingerprint density at radius 2 is 1.94 bits per heavy atom. The first-order valence-corrected chi connectivity index (χ1v) is 11.6. The molecule has 0 aliphatic heterocycles. The van der Waals surface area contributed by atoms with E-state index in [0.29, 0.717) is 16.8 Å². The minimum atomic E-state index is -0.302. The second-order valence-electron chi connectivity index (χ2n) is 7.68. The van der Waals surface area contributed by atoms with Crippen LogP contribution in [0.3, 0.4) is 0 Å². The fourth-order valence-corrected chi connectivity index (χ4v) is 4.71. The highest BCUT2D eigenvalue weighted by molar-refractivity contribution is 7.10. The predicted octanol–water partition coefficient (Wildman–Crippen LogP) is 4.77. The molecule has 0 unspecified atom stereocenters. The SMILES string of the molecule is CC[C@H](NC(=O)c1cc(NC(=O)COC)c2c(c1)nc(-c1ccccc1)n2C)c1cccs1. The van der Waals surface area contributed by atoms with Gasteiger partial charge in [0, 0.05) is 30.2 Å². The molecule has 2 aromatic carbocycles. The third-order valence-electron chi connectivity index (χ3n) is 5.41. The lowest BCUT2D eigenvalue weighted by Crippen LogP contribution is -2.28. The normalized spacial score (nSPS) is 12.0. The van der Waals surface area contributed by atoms with E-state index in [0.717, 1.165) is 28.2 Å². The van der Waals surface area contributed by atoms with Crippen LogP contribution in [0.2, 0.25) is 0 Å². The van der Waals surface area contributed by atoms with Gasteiger partial charge in [-0.1, -0.05) is 43.3 Å². The van der Waals surface area contributed by atoms with E-state index in [4.69, 9.17) is 9.72 Å². The van der Waals surface area contributed by atoms with E-state index in [2.05, 4.69) is 10.6 Å². The Morgan fingerprint density at radius 3 is 2.61 bits per heavy atom. The van der Waals surface area contributed by atoms with Crippen molar-refractivity contribution in [3.63, 3.8) is 0 Å². The lowest BCUT2D eigenvalue weighted by molar-refractivity contribution is -0.119. The van der Waals surface area contributed by atoms with Crippen molar-refractivity contribution in [1.29, 1.82) is 0 Å². The van der Waals surface area contributed by atoms with Gasteiger partial charge in [0.25, 0.3) is 5.91 Å². The standard InChI is InChI=1S/C25H26N4O3S/c1-4-18(21-11-8-12-33-21)28-25(31)17-13-19(26-22(30)15-32-3)23-20(14-17)27-24(29(23)2)16-9-6-5-7-10-16/h5-14,18H,4,15H2,1-3H3,(H,26,30)(H,28,31)/t18-/m0/s1. The highest BCUT2D eigenvalue weighted by atomic mass is 32.1. The van der Waals surface area contributed by atoms with Gasteiger partial charge in [-0.25, -0.2) is 4.98 Å². The summed E-state index contributed by atoms with van der Waals surface area (Å²) in [5.74, 6) is 0.227. The molecule has 4 rings (SSSR count). The zero-order valence-corrected chi connectivity index (χ0v) is 19.6. The van der Waals surface area contributed by atoms with Gasteiger partial charge in [-0.2, -0.15) is 0 Å². The quantitative estimate of drug-likeness (QED) is 0.395. The number of anilines is 1. The molecule has 170 valence electrons. The van der Waals surface area contributed by atoms with Crippen LogP contribution >= 0.6 is 11.3 Å². The third kappa shape index (κ3) is 4.81. The summed E-state index contributed by atoms with van der Waals surface area (Å²) in [4.78, 5) is 31.4. The maximum Gasteiger partial charge on any atom is 0.251 e. The first-order chi connectivity index (χ1) is 16.0. The van der Waals surface area contributed by atoms with Crippen LogP contribution in [-0.4, -0.2) is 35.1 Å². The Bertz CT molecular complexity index is 1270. The Morgan fingerprint density at radius 1 is 1.15 bits per heavy atom. The van der Waals surface area contributed by atoms with Crippen molar-refractivity contribution >= 4 is 39.9 Å². The van der Waals surface area contributed by atoms with E-state index in [1.54, 1.807) is 23.5 Å². The van der Waals surface area contributed by atoms with Crippen molar-refractivity contribution in [2.45, 2.75) is 19.4 Å². The number of rotatable bonds is 8. The molecule has 0 saturated carbocycles. The number of ether oxygens (including phenoxy) is 1. The fraction of sp³-hybridized carbons (Fsp3) is 0.240. The van der Waals surface area contributed by atoms with Crippen LogP contribution in [-0.2, 0) is 16.6 Å². The fourth-order valence-electron chi connectivity index (χ4n) is 3.85. The molecule has 1 atom stereocenters. The Kier molecular flexibility index (Phi) is 6.86. The number of aromatic nitrogens is 2. The molecule has 2 heterocycles. The minimum Gasteiger partial charge on any atom is -0.375 e. The molecule has 33 heavy (non-hydrogen) atoms. The summed E-state index contributed by atoms with van der Waals surface area (Å²) in [6, 6.07) is 17.2. The first-order valence-electron chi connectivity index (χ1n) is 10.7. The topological polar surface area (TPSA) is 85.2 Å². The number of amides is 2. The van der Waals surface area contributed by atoms with Gasteiger partial charge in [0.2, 0.25) is 5.91 Å². The Hall–Kier alpha value is -3.49. The van der Waals surface area contributed by atoms with Gasteiger partial charge in [0.15, 0.2) is 0 Å². The van der Waals surface area contributed by atoms with Crippen LogP contribution in [0.5, 0.6) is 0 Å². The van der Waals surface area contributed by atoms with Gasteiger partial charge in [-0.05, 0) is 30.0 Å². The molecule has 0 bridgehead atoms. The van der Waals surface area contributed by atoms with Gasteiger partial charge in [0.05, 0.1) is 22.8 Å². The lowest BCUT2D eigenvalue weighted by Gasteiger charge is -2.16. The number of imidazole rings is 1. The minimum absolute atomic E-state index is 0.0802. The smallest absolute Gasteiger partial charge is 0.251 e. The molecule has 2 amide bonds. The number of benzene rings is 2. The maximum atomic E-state index is 13.2. The van der Waals surface area contributed by atoms with Crippen molar-refractivity contribution in [3.8, 4) is 11.4 Å². The van der Waals surface area contributed by atoms with Crippen LogP contribution in [0.15, 0.2) is 60.0 Å². The number of nitrogens with one attached hydrogen (secondary N) is 2. The molecule has 0 saturated heterocycles. The number of aryl methyl sites for hydroxylation is 1. The summed E-state index contributed by atoms with van der Waals surface area (Å²) in [6.45, 7) is 1.95. The second kappa shape index (κ2) is 9.97. The van der Waals surface area contributed by atoms with E-state index >= 15 is 0 Å². The maximum absolute atomic E-state index is 13.2. The van der Waals surface area contributed by atoms with Crippen LogP contribution in [0, 0.1) is 0 Å². The van der Waals surface area contributed by atoms with E-state index < -0.39 is 0 Å². The van der Waals surface area contributed by atoms with E-state index in [-0.39, 0.29) is 24.5 Å². The largest absolute Gasteiger partial charge is 0.375 e. The zero-order valence-electron chi connectivity index (χ0n) is 18.8. The number of carbonyl (C=O) groups is 2. The van der Waals surface area contributed by atoms with E-state index in [1.807, 2.05) is 66.4 Å². The zero-order chi connectivity index (χ0) is 23.4. The van der Waals surface area contributed by atoms with Gasteiger partial charge in [-0.15, -0.1) is 11.3 Å². The summed E-state index contributed by atoms with van der Waals surface area (Å²) in [5.41, 5.74) is 3.25. The van der Waals surface area contributed by atoms with Crippen molar-refractivity contribution < 1.29 is 14.3 Å². The van der Waals surface area contributed by atoms with Crippen molar-refractivity contribution in [1.82, 2.24) is 14.9 Å². The van der Waals surface area contributed by atoms with Crippen LogP contribution in [0.25, 0.3) is 22.4 Å². The molecule has 0 spiro atoms. The highest BCUT2D eigenvalue weighted by Crippen LogP contribution is 2.31. The predicted molar refractivity (Wildman–Crippen MR) is 131 cm³/mol. The van der Waals surface area contributed by atoms with E-state index in [1.165, 1.54) is 7.11 Å². The number of hydrogen-bond acceptors (Lipinski definition) is 5. The van der Waals surface area contributed by atoms with Crippen molar-refractivity contribution in [2.24, 2.45) is 7.05 Å². The van der Waals surface area contributed by atoms with Gasteiger partial charge >= 0.3 is 0 Å². The average molecular weight is 463 g/mol. The first kappa shape index (κ1) is 22.7. The summed E-state index contributed by atoms with van der Waals surface area (Å²) < 4.78 is 6.89. The molecular weight excluding hydrogens is 436 g/mol. The van der Waals surface area contributed by atoms with Crippen molar-refractivity contribution in [3.05, 3.63) is 70.4 Å². The molecule has 0 radical (unpaired) electrons. The molecule has 2 N–H and O–H groups in total. The monoisotopic (exact) mass is 462 g/mol. The molecule has 0 aliphatic carbocycles. The summed E-state index contributed by atoms with van der Waals surface area (Å²) in [7, 11) is 3.36. The molecule has 0 aliphatic rings. The van der Waals surface area contributed by atoms with Crippen LogP contribution in [0.4, 0.5) is 5.69 Å². The summed E-state index contributed by atoms with van der Waals surface area (Å²) >= 11 is 1.61. The highest BCUT2D eigenvalue weighted by Gasteiger charge is 2.20. The van der Waals surface area contributed by atoms with Gasteiger partial charge < -0.3 is 19.9 Å². The number of carbonyl (C=O) groups excluding carboxylic acids is 2. The summed E-state index contributed by atoms with van der Waals surface area (Å²) in [5, 5.41) is 7.99. The van der Waals surface area contributed by atoms with Crippen LogP contribution in [0.1, 0.15) is 34.6 Å². The number of hydrogen-bond donors (Lipinski definition) is 2. The number of fused-ring (bicyclic) bond motifs is 1. The van der Waals surface area contributed by atoms with Crippen LogP contribution < -0.4 is 10.6 Å². The molecule has 8 heteroatoms. The van der Waals surface area contributed by atoms with E-state index in [9.17, 15) is 9.59 Å². The molecule has 2 aromatic heterocycles. The van der Waals surface area contributed by atoms with Gasteiger partial charge in [-0.3, -0.25) is 9.59 Å². The van der Waals surface area contributed by atoms with Crippen molar-refractivity contribution in [2.75, 3.05) is 19.0 Å². The molecule has 7 nitrogen and oxygen atoms in total. The molecule has 4 aromatic rings. The molecular formula is C25H26N4O3S. The third-order valence-corrected chi connectivity index (χ3v) is 6.40. The van der Waals surface area contributed by atoms with Gasteiger partial charge in [0.1, 0.15) is 12.4 Å². The number of nitrogens with zero attached hydrogens (tertiary/aromatic N) is 2. The average Bonchev–Trinajstić information content (AvgIpc) is 3.46. The lowest BCUT2D eigenvalue weighted by atomic mass is 10.1. The summed E-state index contributed by atoms with van der Waals surface area (Å²) in [6.07, 6.45) is 0.771. The number of thiophene rings is 1. The Labute approximate surface area is 196 Å². The number of methoxy groups -OCH3 is 1. The second-order valence-corrected chi connectivity index (χ2v) is 8.66. The Balaban J connectivity index is 1.77. The molecule has 0 fully saturated rings.